The average molecular weight is 303 g/mol. The summed E-state index contributed by atoms with van der Waals surface area (Å²) in [6.45, 7) is 0.226. The first-order chi connectivity index (χ1) is 8.47. The Labute approximate surface area is 116 Å². The van der Waals surface area contributed by atoms with Crippen LogP contribution < -0.4 is 0 Å². The van der Waals surface area contributed by atoms with Crippen molar-refractivity contribution in [2.45, 2.75) is 6.04 Å². The van der Waals surface area contributed by atoms with E-state index in [1.807, 2.05) is 35.2 Å². The number of hydrogen-bond donors (Lipinski definition) is 1. The zero-order valence-corrected chi connectivity index (χ0v) is 12.0. The van der Waals surface area contributed by atoms with Crippen LogP contribution >= 0.6 is 24.0 Å². The molecule has 0 saturated carbocycles. The Kier molecular flexibility index (Phi) is 4.26. The van der Waals surface area contributed by atoms with Crippen LogP contribution in [0.5, 0.6) is 0 Å². The molecule has 1 aliphatic heterocycles. The molecule has 0 spiro atoms. The highest BCUT2D eigenvalue weighted by Gasteiger charge is 2.30. The van der Waals surface area contributed by atoms with Crippen molar-refractivity contribution in [3.05, 3.63) is 35.9 Å². The summed E-state index contributed by atoms with van der Waals surface area (Å²) in [6, 6.07) is 9.92. The lowest BCUT2D eigenvalue weighted by Gasteiger charge is -2.25. The van der Waals surface area contributed by atoms with Gasteiger partial charge < -0.3 is 4.90 Å². The predicted molar refractivity (Wildman–Crippen MR) is 77.4 cm³/mol. The fourth-order valence-corrected chi connectivity index (χ4v) is 3.77. The topological polar surface area (TPSA) is 57.6 Å². The van der Waals surface area contributed by atoms with Crippen LogP contribution in [0.4, 0.5) is 0 Å². The van der Waals surface area contributed by atoms with Gasteiger partial charge in [0.25, 0.3) is 10.1 Å². The quantitative estimate of drug-likeness (QED) is 0.678. The third-order valence-electron chi connectivity index (χ3n) is 2.75. The zero-order chi connectivity index (χ0) is 13.2. The molecule has 1 saturated heterocycles. The summed E-state index contributed by atoms with van der Waals surface area (Å²) in [4.78, 5) is 1.86. The lowest BCUT2D eigenvalue weighted by molar-refractivity contribution is 0.375. The summed E-state index contributed by atoms with van der Waals surface area (Å²) in [6.07, 6.45) is 0. The molecule has 1 heterocycles. The standard InChI is InChI=1S/C11H13NO3S3/c13-18(14,15)7-6-12-10(8-17-11(12)16)9-4-2-1-3-5-9/h1-5,10H,6-8H2,(H,13,14,15). The minimum atomic E-state index is -3.95. The number of benzene rings is 1. The van der Waals surface area contributed by atoms with E-state index in [-0.39, 0.29) is 18.3 Å². The van der Waals surface area contributed by atoms with Gasteiger partial charge in [-0.05, 0) is 5.56 Å². The summed E-state index contributed by atoms with van der Waals surface area (Å²) in [7, 11) is -3.95. The molecule has 4 nitrogen and oxygen atoms in total. The molecule has 0 aliphatic carbocycles. The molecule has 1 aromatic rings. The van der Waals surface area contributed by atoms with E-state index in [0.29, 0.717) is 4.32 Å². The third-order valence-corrected chi connectivity index (χ3v) is 5.00. The summed E-state index contributed by atoms with van der Waals surface area (Å²) < 4.78 is 31.1. The number of thioether (sulfide) groups is 1. The van der Waals surface area contributed by atoms with E-state index in [1.54, 1.807) is 0 Å². The van der Waals surface area contributed by atoms with Gasteiger partial charge in [0.05, 0.1) is 11.8 Å². The van der Waals surface area contributed by atoms with Gasteiger partial charge in [0.2, 0.25) is 0 Å². The number of nitrogens with zero attached hydrogens (tertiary/aromatic N) is 1. The van der Waals surface area contributed by atoms with Crippen molar-refractivity contribution < 1.29 is 13.0 Å². The third kappa shape index (κ3) is 3.44. The lowest BCUT2D eigenvalue weighted by Crippen LogP contribution is -2.31. The average Bonchev–Trinajstić information content (AvgIpc) is 2.68. The maximum atomic E-state index is 10.8. The highest BCUT2D eigenvalue weighted by atomic mass is 32.2. The minimum absolute atomic E-state index is 0.0884. The van der Waals surface area contributed by atoms with Crippen LogP contribution in [0.3, 0.4) is 0 Å². The molecular weight excluding hydrogens is 290 g/mol. The maximum Gasteiger partial charge on any atom is 0.266 e. The van der Waals surface area contributed by atoms with E-state index in [1.165, 1.54) is 11.8 Å². The molecule has 2 rings (SSSR count). The van der Waals surface area contributed by atoms with Crippen molar-refractivity contribution in [1.29, 1.82) is 0 Å². The second-order valence-electron chi connectivity index (χ2n) is 3.98. The predicted octanol–water partition coefficient (Wildman–Crippen LogP) is 1.95. The van der Waals surface area contributed by atoms with E-state index in [2.05, 4.69) is 0 Å². The number of thiocarbonyl (C=S) groups is 1. The van der Waals surface area contributed by atoms with Crippen molar-refractivity contribution >= 4 is 38.4 Å². The first kappa shape index (κ1) is 13.8. The molecule has 1 fully saturated rings. The molecule has 1 atom stereocenters. The van der Waals surface area contributed by atoms with Gasteiger partial charge in [-0.2, -0.15) is 8.42 Å². The molecule has 1 unspecified atom stereocenters. The summed E-state index contributed by atoms with van der Waals surface area (Å²) in [5.41, 5.74) is 1.11. The molecule has 1 aliphatic rings. The van der Waals surface area contributed by atoms with Crippen molar-refractivity contribution in [3.8, 4) is 0 Å². The fourth-order valence-electron chi connectivity index (χ4n) is 1.86. The molecule has 0 bridgehead atoms. The molecule has 0 amide bonds. The SMILES string of the molecule is O=S(=O)(O)CCN1C(=S)SCC1c1ccccc1. The second kappa shape index (κ2) is 5.56. The fraction of sp³-hybridized carbons (Fsp3) is 0.364. The molecule has 0 aromatic heterocycles. The molecule has 1 aromatic carbocycles. The number of rotatable bonds is 4. The van der Waals surface area contributed by atoms with Crippen LogP contribution in [0.25, 0.3) is 0 Å². The Bertz CT molecular complexity index is 530. The first-order valence-electron chi connectivity index (χ1n) is 5.41. The van der Waals surface area contributed by atoms with Gasteiger partial charge in [-0.15, -0.1) is 0 Å². The molecule has 18 heavy (non-hydrogen) atoms. The molecule has 1 N–H and O–H groups in total. The normalized spacial score (nSPS) is 20.4. The Morgan fingerprint density at radius 2 is 2.06 bits per heavy atom. The van der Waals surface area contributed by atoms with Crippen LogP contribution in [0.15, 0.2) is 30.3 Å². The van der Waals surface area contributed by atoms with Crippen LogP contribution in [0, 0.1) is 0 Å². The molecule has 98 valence electrons. The van der Waals surface area contributed by atoms with E-state index in [0.717, 1.165) is 11.3 Å². The summed E-state index contributed by atoms with van der Waals surface area (Å²) >= 11 is 6.76. The van der Waals surface area contributed by atoms with Crippen LogP contribution in [-0.4, -0.2) is 40.2 Å². The van der Waals surface area contributed by atoms with E-state index < -0.39 is 10.1 Å². The van der Waals surface area contributed by atoms with Gasteiger partial charge in [0.1, 0.15) is 4.32 Å². The zero-order valence-electron chi connectivity index (χ0n) is 9.52. The van der Waals surface area contributed by atoms with Gasteiger partial charge in [0, 0.05) is 12.3 Å². The van der Waals surface area contributed by atoms with Gasteiger partial charge in [-0.25, -0.2) is 0 Å². The Morgan fingerprint density at radius 1 is 1.39 bits per heavy atom. The monoisotopic (exact) mass is 303 g/mol. The summed E-state index contributed by atoms with van der Waals surface area (Å²) in [5, 5.41) is 0. The van der Waals surface area contributed by atoms with Crippen LogP contribution in [0.2, 0.25) is 0 Å². The van der Waals surface area contributed by atoms with Crippen molar-refractivity contribution in [3.63, 3.8) is 0 Å². The first-order valence-corrected chi connectivity index (χ1v) is 8.41. The smallest absolute Gasteiger partial charge is 0.266 e. The lowest BCUT2D eigenvalue weighted by atomic mass is 10.1. The Hall–Kier alpha value is -0.630. The minimum Gasteiger partial charge on any atom is -0.349 e. The van der Waals surface area contributed by atoms with E-state index in [4.69, 9.17) is 16.8 Å². The Balaban J connectivity index is 2.13. The Morgan fingerprint density at radius 3 is 2.67 bits per heavy atom. The van der Waals surface area contributed by atoms with Crippen LogP contribution in [-0.2, 0) is 10.1 Å². The molecule has 0 radical (unpaired) electrons. The van der Waals surface area contributed by atoms with Gasteiger partial charge >= 0.3 is 0 Å². The highest BCUT2D eigenvalue weighted by molar-refractivity contribution is 8.23. The highest BCUT2D eigenvalue weighted by Crippen LogP contribution is 2.34. The van der Waals surface area contributed by atoms with Crippen LogP contribution in [0.1, 0.15) is 11.6 Å². The summed E-state index contributed by atoms with van der Waals surface area (Å²) in [5.74, 6) is 0.519. The van der Waals surface area contributed by atoms with Gasteiger partial charge in [0.15, 0.2) is 0 Å². The van der Waals surface area contributed by atoms with Gasteiger partial charge in [-0.3, -0.25) is 4.55 Å². The van der Waals surface area contributed by atoms with Crippen molar-refractivity contribution in [1.82, 2.24) is 4.90 Å². The molecular formula is C11H13NO3S3. The van der Waals surface area contributed by atoms with Gasteiger partial charge in [-0.1, -0.05) is 54.3 Å². The van der Waals surface area contributed by atoms with E-state index in [9.17, 15) is 8.42 Å². The van der Waals surface area contributed by atoms with Crippen molar-refractivity contribution in [2.24, 2.45) is 0 Å². The van der Waals surface area contributed by atoms with E-state index >= 15 is 0 Å². The van der Waals surface area contributed by atoms with Crippen molar-refractivity contribution in [2.75, 3.05) is 18.1 Å². The largest absolute Gasteiger partial charge is 0.349 e. The molecule has 7 heteroatoms. The second-order valence-corrected chi connectivity index (χ2v) is 7.21. The number of hydrogen-bond acceptors (Lipinski definition) is 4. The maximum absolute atomic E-state index is 10.8.